The SMILES string of the molecule is COc1cccc(Cc2nnc(CNC(C)(C)C)s2)c1. The molecule has 2 rings (SSSR count). The van der Waals surface area contributed by atoms with Gasteiger partial charge in [0.15, 0.2) is 0 Å². The molecular formula is C15H21N3OS. The van der Waals surface area contributed by atoms with Crippen LogP contribution < -0.4 is 10.1 Å². The van der Waals surface area contributed by atoms with Gasteiger partial charge in [0.05, 0.1) is 13.7 Å². The molecule has 108 valence electrons. The predicted molar refractivity (Wildman–Crippen MR) is 82.3 cm³/mol. The second-order valence-electron chi connectivity index (χ2n) is 5.72. The minimum absolute atomic E-state index is 0.0959. The first kappa shape index (κ1) is 14.9. The molecule has 0 atom stereocenters. The van der Waals surface area contributed by atoms with Gasteiger partial charge in [0, 0.05) is 12.0 Å². The minimum atomic E-state index is 0.0959. The smallest absolute Gasteiger partial charge is 0.131 e. The van der Waals surface area contributed by atoms with Crippen molar-refractivity contribution in [2.24, 2.45) is 0 Å². The van der Waals surface area contributed by atoms with E-state index in [2.05, 4.69) is 42.4 Å². The molecule has 4 nitrogen and oxygen atoms in total. The first-order chi connectivity index (χ1) is 9.46. The summed E-state index contributed by atoms with van der Waals surface area (Å²) in [5, 5.41) is 14.0. The monoisotopic (exact) mass is 291 g/mol. The van der Waals surface area contributed by atoms with Gasteiger partial charge in [-0.1, -0.05) is 23.5 Å². The average molecular weight is 291 g/mol. The number of benzene rings is 1. The van der Waals surface area contributed by atoms with Crippen molar-refractivity contribution in [1.29, 1.82) is 0 Å². The number of ether oxygens (including phenoxy) is 1. The average Bonchev–Trinajstić information content (AvgIpc) is 2.83. The van der Waals surface area contributed by atoms with Gasteiger partial charge in [-0.15, -0.1) is 10.2 Å². The zero-order valence-electron chi connectivity index (χ0n) is 12.4. The Bertz CT molecular complexity index is 560. The maximum atomic E-state index is 5.23. The molecule has 5 heteroatoms. The Kier molecular flexibility index (Phi) is 4.73. The largest absolute Gasteiger partial charge is 0.497 e. The lowest BCUT2D eigenvalue weighted by Gasteiger charge is -2.19. The Morgan fingerprint density at radius 2 is 1.95 bits per heavy atom. The highest BCUT2D eigenvalue weighted by Crippen LogP contribution is 2.18. The van der Waals surface area contributed by atoms with Gasteiger partial charge in [-0.05, 0) is 38.5 Å². The number of aromatic nitrogens is 2. The van der Waals surface area contributed by atoms with Gasteiger partial charge >= 0.3 is 0 Å². The predicted octanol–water partition coefficient (Wildman–Crippen LogP) is 3.03. The fourth-order valence-electron chi connectivity index (χ4n) is 1.73. The molecule has 0 aliphatic rings. The van der Waals surface area contributed by atoms with Crippen LogP contribution in [0.3, 0.4) is 0 Å². The second-order valence-corrected chi connectivity index (χ2v) is 6.87. The Morgan fingerprint density at radius 3 is 2.65 bits per heavy atom. The van der Waals surface area contributed by atoms with E-state index in [0.717, 1.165) is 28.7 Å². The van der Waals surface area contributed by atoms with Gasteiger partial charge in [0.2, 0.25) is 0 Å². The quantitative estimate of drug-likeness (QED) is 0.920. The molecule has 1 aromatic carbocycles. The molecule has 1 aromatic heterocycles. The van der Waals surface area contributed by atoms with Crippen molar-refractivity contribution in [2.75, 3.05) is 7.11 Å². The summed E-state index contributed by atoms with van der Waals surface area (Å²) in [5.41, 5.74) is 1.29. The van der Waals surface area contributed by atoms with Crippen molar-refractivity contribution in [1.82, 2.24) is 15.5 Å². The highest BCUT2D eigenvalue weighted by atomic mass is 32.1. The topological polar surface area (TPSA) is 47.0 Å². The van der Waals surface area contributed by atoms with E-state index in [0.29, 0.717) is 0 Å². The van der Waals surface area contributed by atoms with Crippen LogP contribution in [0, 0.1) is 0 Å². The number of methoxy groups -OCH3 is 1. The third-order valence-corrected chi connectivity index (χ3v) is 3.69. The van der Waals surface area contributed by atoms with Crippen LogP contribution in [0.4, 0.5) is 0 Å². The van der Waals surface area contributed by atoms with E-state index in [4.69, 9.17) is 4.74 Å². The summed E-state index contributed by atoms with van der Waals surface area (Å²) in [6, 6.07) is 8.06. The van der Waals surface area contributed by atoms with Crippen LogP contribution in [-0.4, -0.2) is 22.8 Å². The third kappa shape index (κ3) is 4.58. The van der Waals surface area contributed by atoms with Crippen LogP contribution in [0.5, 0.6) is 5.75 Å². The van der Waals surface area contributed by atoms with Crippen LogP contribution in [0.15, 0.2) is 24.3 Å². The van der Waals surface area contributed by atoms with E-state index < -0.39 is 0 Å². The highest BCUT2D eigenvalue weighted by molar-refractivity contribution is 7.11. The van der Waals surface area contributed by atoms with Crippen LogP contribution in [0.25, 0.3) is 0 Å². The van der Waals surface area contributed by atoms with Crippen LogP contribution in [0.1, 0.15) is 36.3 Å². The van der Waals surface area contributed by atoms with E-state index >= 15 is 0 Å². The molecule has 0 saturated carbocycles. The molecule has 0 bridgehead atoms. The lowest BCUT2D eigenvalue weighted by molar-refractivity contribution is 0.414. The maximum Gasteiger partial charge on any atom is 0.131 e. The molecule has 0 aliphatic heterocycles. The van der Waals surface area contributed by atoms with Gasteiger partial charge in [-0.25, -0.2) is 0 Å². The summed E-state index contributed by atoms with van der Waals surface area (Å²) >= 11 is 1.66. The fourth-order valence-corrected chi connectivity index (χ4v) is 2.55. The van der Waals surface area contributed by atoms with E-state index in [1.54, 1.807) is 18.4 Å². The molecule has 0 spiro atoms. The Morgan fingerprint density at radius 1 is 1.20 bits per heavy atom. The lowest BCUT2D eigenvalue weighted by atomic mass is 10.1. The zero-order chi connectivity index (χ0) is 14.6. The molecule has 0 saturated heterocycles. The standard InChI is InChI=1S/C15H21N3OS/c1-15(2,3)16-10-14-18-17-13(20-14)9-11-6-5-7-12(8-11)19-4/h5-8,16H,9-10H2,1-4H3. The van der Waals surface area contributed by atoms with Crippen molar-refractivity contribution in [3.8, 4) is 5.75 Å². The lowest BCUT2D eigenvalue weighted by Crippen LogP contribution is -2.35. The Labute approximate surface area is 124 Å². The maximum absolute atomic E-state index is 5.23. The number of hydrogen-bond acceptors (Lipinski definition) is 5. The van der Waals surface area contributed by atoms with Gasteiger partial charge < -0.3 is 10.1 Å². The molecule has 0 amide bonds. The summed E-state index contributed by atoms with van der Waals surface area (Å²) in [4.78, 5) is 0. The Hall–Kier alpha value is -1.46. The van der Waals surface area contributed by atoms with E-state index in [1.807, 2.05) is 18.2 Å². The van der Waals surface area contributed by atoms with Crippen LogP contribution in [0.2, 0.25) is 0 Å². The highest BCUT2D eigenvalue weighted by Gasteiger charge is 2.11. The molecule has 0 aliphatic carbocycles. The molecule has 1 heterocycles. The van der Waals surface area contributed by atoms with E-state index in [9.17, 15) is 0 Å². The number of nitrogens with one attached hydrogen (secondary N) is 1. The summed E-state index contributed by atoms with van der Waals surface area (Å²) in [7, 11) is 1.68. The summed E-state index contributed by atoms with van der Waals surface area (Å²) in [5.74, 6) is 0.877. The van der Waals surface area contributed by atoms with Crippen molar-refractivity contribution in [3.05, 3.63) is 39.8 Å². The number of rotatable bonds is 5. The van der Waals surface area contributed by atoms with Gasteiger partial charge in [0.25, 0.3) is 0 Å². The van der Waals surface area contributed by atoms with Crippen molar-refractivity contribution in [3.63, 3.8) is 0 Å². The van der Waals surface area contributed by atoms with Crippen LogP contribution >= 0.6 is 11.3 Å². The first-order valence-corrected chi connectivity index (χ1v) is 7.47. The molecule has 1 N–H and O–H groups in total. The fraction of sp³-hybridized carbons (Fsp3) is 0.467. The number of nitrogens with zero attached hydrogens (tertiary/aromatic N) is 2. The summed E-state index contributed by atoms with van der Waals surface area (Å²) < 4.78 is 5.23. The Balaban J connectivity index is 1.98. The normalized spacial score (nSPS) is 11.6. The van der Waals surface area contributed by atoms with Gasteiger partial charge in [0.1, 0.15) is 15.8 Å². The van der Waals surface area contributed by atoms with Gasteiger partial charge in [-0.3, -0.25) is 0 Å². The minimum Gasteiger partial charge on any atom is -0.497 e. The molecule has 0 fully saturated rings. The molecule has 2 aromatic rings. The third-order valence-electron chi connectivity index (χ3n) is 2.77. The molecule has 0 radical (unpaired) electrons. The summed E-state index contributed by atoms with van der Waals surface area (Å²) in [6.45, 7) is 7.20. The van der Waals surface area contributed by atoms with Gasteiger partial charge in [-0.2, -0.15) is 0 Å². The van der Waals surface area contributed by atoms with Crippen molar-refractivity contribution >= 4 is 11.3 Å². The molecule has 20 heavy (non-hydrogen) atoms. The molecule has 0 unspecified atom stereocenters. The number of hydrogen-bond donors (Lipinski definition) is 1. The van der Waals surface area contributed by atoms with Crippen LogP contribution in [-0.2, 0) is 13.0 Å². The zero-order valence-corrected chi connectivity index (χ0v) is 13.3. The molecular weight excluding hydrogens is 270 g/mol. The second kappa shape index (κ2) is 6.33. The van der Waals surface area contributed by atoms with E-state index in [1.165, 1.54) is 5.56 Å². The van der Waals surface area contributed by atoms with Crippen molar-refractivity contribution in [2.45, 2.75) is 39.3 Å². The van der Waals surface area contributed by atoms with E-state index in [-0.39, 0.29) is 5.54 Å². The van der Waals surface area contributed by atoms with Crippen molar-refractivity contribution < 1.29 is 4.74 Å². The summed E-state index contributed by atoms with van der Waals surface area (Å²) in [6.07, 6.45) is 0.796. The first-order valence-electron chi connectivity index (χ1n) is 6.65.